The number of rotatable bonds is 7. The van der Waals surface area contributed by atoms with Gasteiger partial charge in [-0.05, 0) is 59.2 Å². The Labute approximate surface area is 94.0 Å². The van der Waals surface area contributed by atoms with Gasteiger partial charge in [0.2, 0.25) is 0 Å². The Morgan fingerprint density at radius 3 is 2.67 bits per heavy atom. The molecular formula is C12H26N2O. The molecule has 0 aromatic heterocycles. The number of nitrogens with one attached hydrogen (secondary N) is 2. The number of unbranched alkanes of at least 4 members (excludes halogenated alkanes) is 1. The number of piperidine rings is 1. The Balaban J connectivity index is 1.83. The number of ether oxygens (including phenoxy) is 1. The Hall–Kier alpha value is -0.120. The number of hydrogen-bond donors (Lipinski definition) is 2. The summed E-state index contributed by atoms with van der Waals surface area (Å²) < 4.78 is 5.50. The zero-order valence-electron chi connectivity index (χ0n) is 10.2. The summed E-state index contributed by atoms with van der Waals surface area (Å²) >= 11 is 0. The van der Waals surface area contributed by atoms with Crippen LogP contribution < -0.4 is 10.6 Å². The molecule has 0 atom stereocenters. The fraction of sp³-hybridized carbons (Fsp3) is 1.00. The average molecular weight is 214 g/mol. The van der Waals surface area contributed by atoms with E-state index in [1.54, 1.807) is 0 Å². The normalized spacial score (nSPS) is 18.6. The van der Waals surface area contributed by atoms with Crippen LogP contribution in [0.15, 0.2) is 0 Å². The second-order valence-electron chi connectivity index (χ2n) is 4.61. The van der Waals surface area contributed by atoms with Crippen LogP contribution in [0.3, 0.4) is 0 Å². The highest BCUT2D eigenvalue weighted by Crippen LogP contribution is 2.02. The van der Waals surface area contributed by atoms with Gasteiger partial charge in [-0.25, -0.2) is 0 Å². The summed E-state index contributed by atoms with van der Waals surface area (Å²) in [7, 11) is 0. The Morgan fingerprint density at radius 2 is 2.00 bits per heavy atom. The first-order valence-corrected chi connectivity index (χ1v) is 6.34. The lowest BCUT2D eigenvalue weighted by atomic mass is 10.1. The van der Waals surface area contributed by atoms with Gasteiger partial charge in [0.05, 0.1) is 6.10 Å². The van der Waals surface area contributed by atoms with Crippen LogP contribution in [0.5, 0.6) is 0 Å². The zero-order chi connectivity index (χ0) is 10.9. The molecule has 0 unspecified atom stereocenters. The smallest absolute Gasteiger partial charge is 0.0518 e. The van der Waals surface area contributed by atoms with Crippen LogP contribution in [0.1, 0.15) is 39.5 Å². The lowest BCUT2D eigenvalue weighted by Gasteiger charge is -2.23. The zero-order valence-corrected chi connectivity index (χ0v) is 10.2. The van der Waals surface area contributed by atoms with E-state index < -0.39 is 0 Å². The van der Waals surface area contributed by atoms with Gasteiger partial charge in [-0.3, -0.25) is 0 Å². The summed E-state index contributed by atoms with van der Waals surface area (Å²) in [6.07, 6.45) is 5.35. The van der Waals surface area contributed by atoms with E-state index in [0.29, 0.717) is 6.10 Å². The van der Waals surface area contributed by atoms with Crippen LogP contribution in [0.25, 0.3) is 0 Å². The first-order chi connectivity index (χ1) is 7.29. The van der Waals surface area contributed by atoms with Crippen molar-refractivity contribution in [3.05, 3.63) is 0 Å². The third-order valence-electron chi connectivity index (χ3n) is 2.79. The molecule has 0 aromatic rings. The van der Waals surface area contributed by atoms with Gasteiger partial charge in [0.1, 0.15) is 0 Å². The highest BCUT2D eigenvalue weighted by Gasteiger charge is 2.10. The molecule has 90 valence electrons. The number of hydrogen-bond acceptors (Lipinski definition) is 3. The molecule has 0 spiro atoms. The lowest BCUT2D eigenvalue weighted by molar-refractivity contribution is 0.0759. The molecule has 0 aromatic carbocycles. The third kappa shape index (κ3) is 6.88. The van der Waals surface area contributed by atoms with Crippen molar-refractivity contribution in [3.8, 4) is 0 Å². The molecule has 0 amide bonds. The summed E-state index contributed by atoms with van der Waals surface area (Å²) in [5, 5.41) is 6.99. The maximum Gasteiger partial charge on any atom is 0.0518 e. The highest BCUT2D eigenvalue weighted by molar-refractivity contribution is 4.73. The fourth-order valence-corrected chi connectivity index (χ4v) is 1.88. The van der Waals surface area contributed by atoms with Crippen LogP contribution in [0.2, 0.25) is 0 Å². The van der Waals surface area contributed by atoms with E-state index >= 15 is 0 Å². The van der Waals surface area contributed by atoms with Crippen LogP contribution >= 0.6 is 0 Å². The summed E-state index contributed by atoms with van der Waals surface area (Å²) in [4.78, 5) is 0. The van der Waals surface area contributed by atoms with Gasteiger partial charge in [-0.1, -0.05) is 0 Å². The van der Waals surface area contributed by atoms with Gasteiger partial charge in [0, 0.05) is 12.6 Å². The first-order valence-electron chi connectivity index (χ1n) is 6.34. The second kappa shape index (κ2) is 8.08. The molecule has 15 heavy (non-hydrogen) atoms. The Morgan fingerprint density at radius 1 is 1.27 bits per heavy atom. The van der Waals surface area contributed by atoms with Crippen molar-refractivity contribution < 1.29 is 4.74 Å². The van der Waals surface area contributed by atoms with Crippen molar-refractivity contribution in [2.75, 3.05) is 26.2 Å². The molecule has 0 radical (unpaired) electrons. The summed E-state index contributed by atoms with van der Waals surface area (Å²) in [6, 6.07) is 0.747. The van der Waals surface area contributed by atoms with E-state index in [1.165, 1.54) is 38.8 Å². The van der Waals surface area contributed by atoms with Crippen LogP contribution in [-0.4, -0.2) is 38.4 Å². The van der Waals surface area contributed by atoms with E-state index in [1.807, 2.05) is 0 Å². The molecule has 3 heteroatoms. The van der Waals surface area contributed by atoms with Gasteiger partial charge >= 0.3 is 0 Å². The molecule has 1 aliphatic rings. The summed E-state index contributed by atoms with van der Waals surface area (Å²) in [5.41, 5.74) is 0. The summed E-state index contributed by atoms with van der Waals surface area (Å²) in [5.74, 6) is 0. The average Bonchev–Trinajstić information content (AvgIpc) is 2.24. The van der Waals surface area contributed by atoms with Crippen molar-refractivity contribution in [1.82, 2.24) is 10.6 Å². The molecule has 3 nitrogen and oxygen atoms in total. The highest BCUT2D eigenvalue weighted by atomic mass is 16.5. The molecule has 1 saturated heterocycles. The Kier molecular flexibility index (Phi) is 6.98. The third-order valence-corrected chi connectivity index (χ3v) is 2.79. The van der Waals surface area contributed by atoms with Crippen LogP contribution in [0, 0.1) is 0 Å². The van der Waals surface area contributed by atoms with Crippen molar-refractivity contribution in [3.63, 3.8) is 0 Å². The standard InChI is InChI=1S/C12H26N2O/c1-11(2)15-10-4-3-7-14-12-5-8-13-9-6-12/h11-14H,3-10H2,1-2H3. The molecule has 1 heterocycles. The molecule has 0 bridgehead atoms. The molecule has 0 aliphatic carbocycles. The molecule has 0 saturated carbocycles. The second-order valence-corrected chi connectivity index (χ2v) is 4.61. The van der Waals surface area contributed by atoms with Gasteiger partial charge in [0.25, 0.3) is 0 Å². The molecular weight excluding hydrogens is 188 g/mol. The quantitative estimate of drug-likeness (QED) is 0.631. The van der Waals surface area contributed by atoms with E-state index in [0.717, 1.165) is 19.2 Å². The molecule has 1 rings (SSSR count). The van der Waals surface area contributed by atoms with E-state index in [4.69, 9.17) is 4.74 Å². The van der Waals surface area contributed by atoms with Crippen molar-refractivity contribution >= 4 is 0 Å². The monoisotopic (exact) mass is 214 g/mol. The van der Waals surface area contributed by atoms with E-state index in [9.17, 15) is 0 Å². The van der Waals surface area contributed by atoms with Gasteiger partial charge < -0.3 is 15.4 Å². The van der Waals surface area contributed by atoms with Crippen molar-refractivity contribution in [2.45, 2.75) is 51.7 Å². The van der Waals surface area contributed by atoms with E-state index in [-0.39, 0.29) is 0 Å². The van der Waals surface area contributed by atoms with Crippen molar-refractivity contribution in [1.29, 1.82) is 0 Å². The predicted molar refractivity (Wildman–Crippen MR) is 64.2 cm³/mol. The maximum absolute atomic E-state index is 5.50. The van der Waals surface area contributed by atoms with Crippen LogP contribution in [0.4, 0.5) is 0 Å². The van der Waals surface area contributed by atoms with Crippen LogP contribution in [-0.2, 0) is 4.74 Å². The van der Waals surface area contributed by atoms with Gasteiger partial charge in [-0.2, -0.15) is 0 Å². The minimum atomic E-state index is 0.377. The maximum atomic E-state index is 5.50. The fourth-order valence-electron chi connectivity index (χ4n) is 1.88. The summed E-state index contributed by atoms with van der Waals surface area (Å²) in [6.45, 7) is 8.58. The lowest BCUT2D eigenvalue weighted by Crippen LogP contribution is -2.40. The Bertz CT molecular complexity index is 145. The van der Waals surface area contributed by atoms with E-state index in [2.05, 4.69) is 24.5 Å². The predicted octanol–water partition coefficient (Wildman–Crippen LogP) is 1.53. The minimum Gasteiger partial charge on any atom is -0.379 e. The minimum absolute atomic E-state index is 0.377. The first kappa shape index (κ1) is 12.9. The molecule has 1 fully saturated rings. The van der Waals surface area contributed by atoms with Gasteiger partial charge in [-0.15, -0.1) is 0 Å². The molecule has 2 N–H and O–H groups in total. The van der Waals surface area contributed by atoms with Gasteiger partial charge in [0.15, 0.2) is 0 Å². The molecule has 1 aliphatic heterocycles. The van der Waals surface area contributed by atoms with Crippen molar-refractivity contribution in [2.24, 2.45) is 0 Å². The SMILES string of the molecule is CC(C)OCCCCNC1CCNCC1. The largest absolute Gasteiger partial charge is 0.379 e. The topological polar surface area (TPSA) is 33.3 Å².